The summed E-state index contributed by atoms with van der Waals surface area (Å²) in [4.78, 5) is 53.0. The van der Waals surface area contributed by atoms with Crippen LogP contribution in [0.3, 0.4) is 0 Å². The van der Waals surface area contributed by atoms with Crippen LogP contribution in [0.1, 0.15) is 51.6 Å². The molecular weight excluding hydrogens is 574 g/mol. The number of nitrogens with one attached hydrogen (secondary N) is 1. The molecule has 0 saturated carbocycles. The minimum Gasteiger partial charge on any atom is -0.444 e. The van der Waals surface area contributed by atoms with Crippen LogP contribution in [0, 0.1) is 0 Å². The number of benzene rings is 2. The zero-order chi connectivity index (χ0) is 32.6. The molecule has 1 aliphatic rings. The van der Waals surface area contributed by atoms with Gasteiger partial charge in [0.15, 0.2) is 0 Å². The number of piperazine rings is 1. The van der Waals surface area contributed by atoms with Gasteiger partial charge in [-0.3, -0.25) is 18.8 Å². The number of amides is 2. The van der Waals surface area contributed by atoms with Crippen molar-refractivity contribution in [3.05, 3.63) is 58.5 Å². The Morgan fingerprint density at radius 3 is 2.31 bits per heavy atom. The average Bonchev–Trinajstić information content (AvgIpc) is 3.27. The summed E-state index contributed by atoms with van der Waals surface area (Å²) in [5.74, 6) is -0.170. The van der Waals surface area contributed by atoms with E-state index in [0.29, 0.717) is 31.8 Å². The molecule has 0 aliphatic carbocycles. The summed E-state index contributed by atoms with van der Waals surface area (Å²) in [6.07, 6.45) is 2.67. The molecule has 1 saturated heterocycles. The fraction of sp³-hybridized carbons (Fsp3) is 0.529. The number of fused-ring (bicyclic) bond motifs is 1. The summed E-state index contributed by atoms with van der Waals surface area (Å²) in [6, 6.07) is 13.4. The largest absolute Gasteiger partial charge is 0.444 e. The number of hydrogen-bond acceptors (Lipinski definition) is 7. The number of imidazole rings is 1. The minimum atomic E-state index is -0.715. The van der Waals surface area contributed by atoms with E-state index < -0.39 is 11.6 Å². The first-order chi connectivity index (χ1) is 21.5. The highest BCUT2D eigenvalue weighted by Gasteiger charge is 2.25. The molecule has 244 valence electrons. The zero-order valence-corrected chi connectivity index (χ0v) is 27.2. The molecule has 0 bridgehead atoms. The van der Waals surface area contributed by atoms with Gasteiger partial charge < -0.3 is 24.5 Å². The Bertz CT molecular complexity index is 1510. The summed E-state index contributed by atoms with van der Waals surface area (Å²) in [7, 11) is 3.25. The van der Waals surface area contributed by atoms with E-state index in [-0.39, 0.29) is 30.5 Å². The molecule has 3 aromatic rings. The van der Waals surface area contributed by atoms with Crippen molar-refractivity contribution < 1.29 is 23.9 Å². The van der Waals surface area contributed by atoms with Crippen molar-refractivity contribution in [2.75, 3.05) is 53.0 Å². The number of hydrogen-bond donors (Lipinski definition) is 1. The third kappa shape index (κ3) is 9.04. The lowest BCUT2D eigenvalue weighted by Crippen LogP contribution is -2.50. The summed E-state index contributed by atoms with van der Waals surface area (Å²) >= 11 is 0. The maximum Gasteiger partial charge on any atom is 0.410 e. The van der Waals surface area contributed by atoms with Crippen molar-refractivity contribution in [2.45, 2.75) is 58.1 Å². The van der Waals surface area contributed by atoms with E-state index in [0.717, 1.165) is 55.4 Å². The van der Waals surface area contributed by atoms with Crippen molar-refractivity contribution in [3.8, 4) is 11.1 Å². The van der Waals surface area contributed by atoms with E-state index in [1.165, 1.54) is 10.1 Å². The van der Waals surface area contributed by atoms with E-state index in [1.54, 1.807) is 23.6 Å². The second kappa shape index (κ2) is 15.4. The van der Waals surface area contributed by atoms with Crippen molar-refractivity contribution in [1.82, 2.24) is 24.3 Å². The second-order valence-corrected chi connectivity index (χ2v) is 12.6. The molecule has 45 heavy (non-hydrogen) atoms. The zero-order valence-electron chi connectivity index (χ0n) is 27.2. The Labute approximate surface area is 265 Å². The molecule has 1 atom stereocenters. The van der Waals surface area contributed by atoms with Crippen molar-refractivity contribution in [1.29, 1.82) is 0 Å². The molecule has 4 rings (SSSR count). The first-order valence-electron chi connectivity index (χ1n) is 15.7. The molecule has 0 spiro atoms. The number of rotatable bonds is 13. The molecule has 1 aliphatic heterocycles. The van der Waals surface area contributed by atoms with E-state index in [2.05, 4.69) is 34.5 Å². The van der Waals surface area contributed by atoms with Crippen molar-refractivity contribution in [3.63, 3.8) is 0 Å². The number of aldehydes is 1. The first kappa shape index (κ1) is 33.9. The number of ether oxygens (including phenoxy) is 2. The third-order valence-electron chi connectivity index (χ3n) is 8.13. The highest BCUT2D eigenvalue weighted by molar-refractivity contribution is 5.84. The summed E-state index contributed by atoms with van der Waals surface area (Å²) in [6.45, 7) is 11.0. The van der Waals surface area contributed by atoms with Crippen LogP contribution < -0.4 is 11.0 Å². The highest BCUT2D eigenvalue weighted by atomic mass is 16.6. The fourth-order valence-corrected chi connectivity index (χ4v) is 5.55. The molecule has 1 N–H and O–H groups in total. The smallest absolute Gasteiger partial charge is 0.410 e. The molecule has 11 heteroatoms. The molecule has 2 aromatic carbocycles. The lowest BCUT2D eigenvalue weighted by Gasteiger charge is -2.35. The van der Waals surface area contributed by atoms with Crippen LogP contribution in [-0.4, -0.2) is 95.8 Å². The molecule has 11 nitrogen and oxygen atoms in total. The van der Waals surface area contributed by atoms with Crippen LogP contribution in [0.2, 0.25) is 0 Å². The van der Waals surface area contributed by atoms with Gasteiger partial charge in [-0.2, -0.15) is 0 Å². The number of carbonyl (C=O) groups is 3. The lowest BCUT2D eigenvalue weighted by atomic mass is 10.0. The Balaban J connectivity index is 1.23. The maximum absolute atomic E-state index is 13.0. The highest BCUT2D eigenvalue weighted by Crippen LogP contribution is 2.26. The fourth-order valence-electron chi connectivity index (χ4n) is 5.55. The van der Waals surface area contributed by atoms with Gasteiger partial charge in [0.25, 0.3) is 0 Å². The molecule has 2 heterocycles. The van der Waals surface area contributed by atoms with Crippen LogP contribution in [0.25, 0.3) is 22.2 Å². The summed E-state index contributed by atoms with van der Waals surface area (Å²) in [5.41, 5.74) is 3.82. The van der Waals surface area contributed by atoms with Gasteiger partial charge in [-0.1, -0.05) is 30.3 Å². The Morgan fingerprint density at radius 2 is 1.67 bits per heavy atom. The number of carbonyl (C=O) groups excluding carboxylic acids is 3. The van der Waals surface area contributed by atoms with Crippen molar-refractivity contribution in [2.24, 2.45) is 7.05 Å². The summed E-state index contributed by atoms with van der Waals surface area (Å²) in [5, 5.41) is 2.55. The number of aromatic nitrogens is 2. The number of aryl methyl sites for hydroxylation is 1. The van der Waals surface area contributed by atoms with E-state index >= 15 is 0 Å². The van der Waals surface area contributed by atoms with Crippen LogP contribution in [0.4, 0.5) is 4.79 Å². The van der Waals surface area contributed by atoms with Gasteiger partial charge >= 0.3 is 11.8 Å². The molecular formula is C34H47N5O6. The molecule has 1 aromatic heterocycles. The van der Waals surface area contributed by atoms with E-state index in [9.17, 15) is 19.2 Å². The van der Waals surface area contributed by atoms with Gasteiger partial charge in [0.1, 0.15) is 11.9 Å². The number of nitrogens with zero attached hydrogens (tertiary/aromatic N) is 4. The van der Waals surface area contributed by atoms with Gasteiger partial charge in [-0.25, -0.2) is 9.59 Å². The SMILES string of the molecule is CNC(=O)CCC(C=O)n1c(=O)n(C)c2cc(-c3ccc(CCOCCCN4CCN(C(=O)OC(C)(C)C)CC4)cc3)ccc21. The van der Waals surface area contributed by atoms with Crippen LogP contribution in [0.15, 0.2) is 47.3 Å². The molecule has 0 radical (unpaired) electrons. The van der Waals surface area contributed by atoms with Gasteiger partial charge in [0.05, 0.1) is 23.7 Å². The topological polar surface area (TPSA) is 115 Å². The predicted molar refractivity (Wildman–Crippen MR) is 174 cm³/mol. The molecule has 1 unspecified atom stereocenters. The molecule has 1 fully saturated rings. The minimum absolute atomic E-state index is 0.161. The van der Waals surface area contributed by atoms with Gasteiger partial charge in [-0.15, -0.1) is 0 Å². The van der Waals surface area contributed by atoms with Crippen LogP contribution in [0.5, 0.6) is 0 Å². The van der Waals surface area contributed by atoms with Gasteiger partial charge in [0, 0.05) is 59.8 Å². The third-order valence-corrected chi connectivity index (χ3v) is 8.13. The Hall–Kier alpha value is -3.96. The quantitative estimate of drug-likeness (QED) is 0.228. The van der Waals surface area contributed by atoms with Crippen LogP contribution in [-0.2, 0) is 32.5 Å². The Kier molecular flexibility index (Phi) is 11.6. The summed E-state index contributed by atoms with van der Waals surface area (Å²) < 4.78 is 14.4. The van der Waals surface area contributed by atoms with Crippen molar-refractivity contribution >= 4 is 29.3 Å². The standard InChI is InChI=1S/C34H47N5O6/c1-34(2,3)45-33(43)38-19-17-37(18-20-38)16-6-21-44-22-15-25-7-9-26(10-8-25)27-11-13-29-30(23-27)36(5)32(42)39(29)28(24-40)12-14-31(41)35-4/h7-11,13,23-24,28H,6,12,14-22H2,1-5H3,(H,35,41). The monoisotopic (exact) mass is 621 g/mol. The van der Waals surface area contributed by atoms with Gasteiger partial charge in [-0.05, 0) is 68.9 Å². The Morgan fingerprint density at radius 1 is 0.978 bits per heavy atom. The first-order valence-corrected chi connectivity index (χ1v) is 15.7. The maximum atomic E-state index is 13.0. The van der Waals surface area contributed by atoms with E-state index in [1.807, 2.05) is 39.0 Å². The van der Waals surface area contributed by atoms with E-state index in [4.69, 9.17) is 9.47 Å². The lowest BCUT2D eigenvalue weighted by molar-refractivity contribution is -0.121. The second-order valence-electron chi connectivity index (χ2n) is 12.6. The van der Waals surface area contributed by atoms with Gasteiger partial charge in [0.2, 0.25) is 5.91 Å². The average molecular weight is 622 g/mol. The predicted octanol–water partition coefficient (Wildman–Crippen LogP) is 3.78. The normalized spacial score (nSPS) is 14.8. The van der Waals surface area contributed by atoms with Crippen LogP contribution >= 0.6 is 0 Å². The molecule has 2 amide bonds.